The van der Waals surface area contributed by atoms with E-state index in [1.54, 1.807) is 6.92 Å². The summed E-state index contributed by atoms with van der Waals surface area (Å²) >= 11 is 0. The molecule has 2 atom stereocenters. The van der Waals surface area contributed by atoms with Crippen LogP contribution < -0.4 is 0 Å². The van der Waals surface area contributed by atoms with E-state index in [0.29, 0.717) is 29.6 Å². The van der Waals surface area contributed by atoms with Gasteiger partial charge in [0.15, 0.2) is 5.82 Å². The molecule has 1 aromatic rings. The van der Waals surface area contributed by atoms with Crippen molar-refractivity contribution in [3.05, 3.63) is 11.7 Å². The molecule has 37 heavy (non-hydrogen) atoms. The highest BCUT2D eigenvalue weighted by Crippen LogP contribution is 2.38. The number of urea groups is 1. The first-order valence-corrected chi connectivity index (χ1v) is 15.3. The molecular weight excluding hydrogens is 498 g/mol. The normalized spacial score (nSPS) is 19.8. The first-order valence-electron chi connectivity index (χ1n) is 14.0. The summed E-state index contributed by atoms with van der Waals surface area (Å²) in [4.78, 5) is 17.5. The van der Waals surface area contributed by atoms with Gasteiger partial charge < -0.3 is 18.5 Å². The lowest BCUT2D eigenvalue weighted by molar-refractivity contribution is -0.929. The maximum absolute atomic E-state index is 12.1. The number of hydrogen-bond donors (Lipinski definition) is 0. The van der Waals surface area contributed by atoms with Gasteiger partial charge >= 0.3 is 6.03 Å². The van der Waals surface area contributed by atoms with E-state index in [2.05, 4.69) is 42.1 Å². The molecule has 0 N–H and O–H groups in total. The molecule has 0 spiro atoms. The maximum Gasteiger partial charge on any atom is 0.346 e. The lowest BCUT2D eigenvalue weighted by atomic mass is 10.0. The minimum Gasteiger partial charge on any atom is -0.724 e. The molecule has 11 nitrogen and oxygen atoms in total. The molecule has 2 amide bonds. The monoisotopic (exact) mass is 545 g/mol. The summed E-state index contributed by atoms with van der Waals surface area (Å²) in [6.45, 7) is 16.9. The topological polar surface area (TPSA) is 129 Å². The molecular formula is C25H47N5O6S. The van der Waals surface area contributed by atoms with Crippen LogP contribution in [0.2, 0.25) is 0 Å². The molecule has 2 bridgehead atoms. The van der Waals surface area contributed by atoms with Crippen molar-refractivity contribution >= 4 is 16.4 Å². The fourth-order valence-electron chi connectivity index (χ4n) is 5.18. The van der Waals surface area contributed by atoms with Crippen molar-refractivity contribution in [2.45, 2.75) is 111 Å². The SMILES string of the molecule is CCCC[N+](CCCC)(CCCC)CCCC.Cc1noc([C@@H]2CC[C@@H]3CN2C(=O)N3OS(=O)(=O)[O-])n1. The Morgan fingerprint density at radius 1 is 0.973 bits per heavy atom. The molecule has 2 aliphatic rings. The first-order chi connectivity index (χ1) is 17.6. The van der Waals surface area contributed by atoms with Crippen LogP contribution >= 0.6 is 0 Å². The fraction of sp³-hybridized carbons (Fsp3) is 0.880. The Labute approximate surface area is 223 Å². The third-order valence-electron chi connectivity index (χ3n) is 7.27. The summed E-state index contributed by atoms with van der Waals surface area (Å²) in [6, 6.07) is -1.58. The number of fused-ring (bicyclic) bond motifs is 2. The number of hydrogen-bond acceptors (Lipinski definition) is 8. The fourth-order valence-corrected chi connectivity index (χ4v) is 5.56. The second-order valence-electron chi connectivity index (χ2n) is 10.3. The Balaban J connectivity index is 0.000000265. The molecule has 0 saturated carbocycles. The van der Waals surface area contributed by atoms with E-state index in [9.17, 15) is 17.8 Å². The summed E-state index contributed by atoms with van der Waals surface area (Å²) in [7, 11) is -4.98. The number of hydroxylamine groups is 2. The molecule has 0 aliphatic carbocycles. The largest absolute Gasteiger partial charge is 0.724 e. The van der Waals surface area contributed by atoms with Crippen LogP contribution in [0, 0.1) is 6.92 Å². The number of rotatable bonds is 15. The van der Waals surface area contributed by atoms with Gasteiger partial charge in [-0.1, -0.05) is 58.5 Å². The molecule has 3 heterocycles. The summed E-state index contributed by atoms with van der Waals surface area (Å²) in [6.07, 6.45) is 12.1. The lowest BCUT2D eigenvalue weighted by Gasteiger charge is -2.39. The van der Waals surface area contributed by atoms with Gasteiger partial charge in [-0.25, -0.2) is 13.2 Å². The smallest absolute Gasteiger partial charge is 0.346 e. The third-order valence-corrected chi connectivity index (χ3v) is 7.61. The second kappa shape index (κ2) is 15.0. The molecule has 0 aromatic carbocycles. The number of piperidine rings is 1. The Morgan fingerprint density at radius 2 is 1.49 bits per heavy atom. The van der Waals surface area contributed by atoms with Gasteiger partial charge in [-0.3, -0.25) is 0 Å². The highest BCUT2D eigenvalue weighted by Gasteiger charge is 2.48. The van der Waals surface area contributed by atoms with Crippen molar-refractivity contribution in [3.8, 4) is 0 Å². The Kier molecular flexibility index (Phi) is 12.7. The summed E-state index contributed by atoms with van der Waals surface area (Å²) in [5, 5.41) is 4.28. The van der Waals surface area contributed by atoms with Crippen molar-refractivity contribution in [1.82, 2.24) is 20.1 Å². The molecule has 12 heteroatoms. The molecule has 1 aromatic heterocycles. The van der Waals surface area contributed by atoms with Crippen molar-refractivity contribution in [2.24, 2.45) is 0 Å². The third kappa shape index (κ3) is 9.49. The van der Waals surface area contributed by atoms with Gasteiger partial charge in [0.2, 0.25) is 16.3 Å². The van der Waals surface area contributed by atoms with Crippen molar-refractivity contribution in [1.29, 1.82) is 0 Å². The first kappa shape index (κ1) is 31.5. The molecule has 2 fully saturated rings. The number of aromatic nitrogens is 2. The van der Waals surface area contributed by atoms with Crippen LogP contribution in [-0.4, -0.2) is 82.4 Å². The number of quaternary nitrogens is 1. The highest BCUT2D eigenvalue weighted by molar-refractivity contribution is 7.80. The number of nitrogens with zero attached hydrogens (tertiary/aromatic N) is 5. The zero-order valence-corrected chi connectivity index (χ0v) is 24.2. The molecule has 2 aliphatic heterocycles. The van der Waals surface area contributed by atoms with Gasteiger partial charge in [0.25, 0.3) is 0 Å². The van der Waals surface area contributed by atoms with Gasteiger partial charge in [-0.15, -0.1) is 0 Å². The van der Waals surface area contributed by atoms with Crippen LogP contribution in [0.25, 0.3) is 0 Å². The van der Waals surface area contributed by atoms with Gasteiger partial charge in [0.05, 0.1) is 32.2 Å². The lowest BCUT2D eigenvalue weighted by Crippen LogP contribution is -2.50. The number of carbonyl (C=O) groups is 1. The molecule has 0 radical (unpaired) electrons. The van der Waals surface area contributed by atoms with Crippen molar-refractivity contribution in [3.63, 3.8) is 0 Å². The van der Waals surface area contributed by atoms with E-state index in [-0.39, 0.29) is 6.54 Å². The summed E-state index contributed by atoms with van der Waals surface area (Å²) in [5.74, 6) is 0.741. The molecule has 2 saturated heterocycles. The molecule has 3 rings (SSSR count). The van der Waals surface area contributed by atoms with Crippen molar-refractivity contribution in [2.75, 3.05) is 32.7 Å². The van der Waals surface area contributed by atoms with Gasteiger partial charge in [0.1, 0.15) is 6.04 Å². The maximum atomic E-state index is 12.1. The van der Waals surface area contributed by atoms with E-state index in [1.165, 1.54) is 86.9 Å². The van der Waals surface area contributed by atoms with E-state index in [0.717, 1.165) is 0 Å². The number of amides is 2. The predicted molar refractivity (Wildman–Crippen MR) is 139 cm³/mol. The van der Waals surface area contributed by atoms with E-state index in [1.807, 2.05) is 0 Å². The van der Waals surface area contributed by atoms with Gasteiger partial charge in [0, 0.05) is 6.54 Å². The highest BCUT2D eigenvalue weighted by atomic mass is 32.3. The Morgan fingerprint density at radius 3 is 1.89 bits per heavy atom. The van der Waals surface area contributed by atoms with Crippen LogP contribution in [0.1, 0.15) is 110 Å². The molecule has 0 unspecified atom stereocenters. The van der Waals surface area contributed by atoms with Crippen LogP contribution in [0.15, 0.2) is 4.52 Å². The summed E-state index contributed by atoms with van der Waals surface area (Å²) < 4.78 is 42.6. The predicted octanol–water partition coefficient (Wildman–Crippen LogP) is 4.71. The van der Waals surface area contributed by atoms with Crippen LogP contribution in [0.5, 0.6) is 0 Å². The Bertz CT molecular complexity index is 887. The van der Waals surface area contributed by atoms with E-state index in [4.69, 9.17) is 4.52 Å². The van der Waals surface area contributed by atoms with E-state index >= 15 is 0 Å². The number of carbonyl (C=O) groups excluding carboxylic acids is 1. The minimum absolute atomic E-state index is 0.250. The average Bonchev–Trinajstić information content (AvgIpc) is 3.40. The van der Waals surface area contributed by atoms with Crippen molar-refractivity contribution < 1.29 is 31.1 Å². The number of unbranched alkanes of at least 4 members (excludes halogenated alkanes) is 4. The minimum atomic E-state index is -4.98. The quantitative estimate of drug-likeness (QED) is 0.176. The average molecular weight is 546 g/mol. The second-order valence-corrected chi connectivity index (χ2v) is 11.3. The zero-order valence-electron chi connectivity index (χ0n) is 23.4. The van der Waals surface area contributed by atoms with Crippen LogP contribution in [0.3, 0.4) is 0 Å². The van der Waals surface area contributed by atoms with Crippen LogP contribution in [0.4, 0.5) is 4.79 Å². The zero-order chi connectivity index (χ0) is 27.5. The standard InChI is InChI=1S/C16H36N.C9H12N4O6S/c1-5-9-13-17(14-10-6-2,15-11-7-3)16-12-8-4;1-5-10-8(18-11-5)7-3-2-6-4-12(7)9(14)13(6)19-20(15,16)17/h5-16H2,1-4H3;6-7H,2-4H2,1H3,(H,15,16,17)/q+1;/p-1/t;6-,7+/m.1/s1. The van der Waals surface area contributed by atoms with Gasteiger partial charge in [-0.05, 0) is 45.4 Å². The van der Waals surface area contributed by atoms with E-state index < -0.39 is 28.5 Å². The summed E-state index contributed by atoms with van der Waals surface area (Å²) in [5.41, 5.74) is 0. The molecule has 214 valence electrons. The van der Waals surface area contributed by atoms with Gasteiger partial charge in [-0.2, -0.15) is 14.3 Å². The van der Waals surface area contributed by atoms with Crippen LogP contribution in [-0.2, 0) is 14.7 Å². The number of aryl methyl sites for hydroxylation is 1. The Hall–Kier alpha value is -1.76.